The summed E-state index contributed by atoms with van der Waals surface area (Å²) in [5.74, 6) is 0. The Balaban J connectivity index is 1.36. The molecule has 1 atom stereocenters. The Bertz CT molecular complexity index is 2100. The molecule has 2 heterocycles. The molecule has 0 radical (unpaired) electrons. The van der Waals surface area contributed by atoms with Gasteiger partial charge in [0.25, 0.3) is 5.69 Å². The fourth-order valence-electron chi connectivity index (χ4n) is 7.87. The van der Waals surface area contributed by atoms with Crippen LogP contribution in [0.5, 0.6) is 0 Å². The topological polar surface area (TPSA) is 49.4 Å². The van der Waals surface area contributed by atoms with Gasteiger partial charge in [-0.05, 0) is 72.5 Å². The number of nitro groups is 1. The Hall–Kier alpha value is -5.03. The third-order valence-electron chi connectivity index (χ3n) is 9.88. The SMILES string of the molecule is CN1C(=CC=CC2=[N+](C)c3ccc4ccccc4c3C2(C)C)C(C)(Cc2ccccc2[N+](=O)[O-])c2c1ccc1ccccc21. The molecule has 0 spiro atoms. The molecule has 2 aliphatic rings. The maximum atomic E-state index is 12.1. The highest BCUT2D eigenvalue weighted by Gasteiger charge is 2.46. The van der Waals surface area contributed by atoms with Crippen LogP contribution in [0, 0.1) is 10.1 Å². The number of benzene rings is 5. The molecule has 0 aromatic heterocycles. The summed E-state index contributed by atoms with van der Waals surface area (Å²) in [5.41, 5.74) is 7.48. The van der Waals surface area contributed by atoms with E-state index < -0.39 is 5.41 Å². The van der Waals surface area contributed by atoms with Crippen molar-refractivity contribution in [3.8, 4) is 0 Å². The van der Waals surface area contributed by atoms with Gasteiger partial charge in [0.15, 0.2) is 5.71 Å². The van der Waals surface area contributed by atoms with E-state index in [0.29, 0.717) is 6.42 Å². The molecule has 5 heteroatoms. The molecule has 5 aromatic carbocycles. The fourth-order valence-corrected chi connectivity index (χ4v) is 7.87. The van der Waals surface area contributed by atoms with Gasteiger partial charge in [-0.15, -0.1) is 0 Å². The molecule has 0 bridgehead atoms. The zero-order valence-electron chi connectivity index (χ0n) is 25.8. The molecule has 0 aliphatic carbocycles. The molecule has 1 unspecified atom stereocenters. The van der Waals surface area contributed by atoms with E-state index in [-0.39, 0.29) is 16.0 Å². The van der Waals surface area contributed by atoms with E-state index in [1.54, 1.807) is 12.1 Å². The molecule has 0 amide bonds. The molecular weight excluding hydrogens is 542 g/mol. The minimum Gasteiger partial charge on any atom is -0.347 e. The smallest absolute Gasteiger partial charge is 0.272 e. The highest BCUT2D eigenvalue weighted by atomic mass is 16.6. The van der Waals surface area contributed by atoms with Gasteiger partial charge in [-0.1, -0.05) is 78.9 Å². The first-order valence-corrected chi connectivity index (χ1v) is 15.1. The maximum Gasteiger partial charge on any atom is 0.272 e. The Morgan fingerprint density at radius 2 is 1.43 bits per heavy atom. The molecule has 0 N–H and O–H groups in total. The van der Waals surface area contributed by atoms with Crippen LogP contribution in [0.3, 0.4) is 0 Å². The van der Waals surface area contributed by atoms with Crippen molar-refractivity contribution < 1.29 is 9.50 Å². The van der Waals surface area contributed by atoms with Gasteiger partial charge in [0.2, 0.25) is 5.69 Å². The summed E-state index contributed by atoms with van der Waals surface area (Å²) in [5, 5.41) is 16.9. The van der Waals surface area contributed by atoms with E-state index in [0.717, 1.165) is 16.9 Å². The van der Waals surface area contributed by atoms with Gasteiger partial charge in [0.05, 0.1) is 10.3 Å². The zero-order chi connectivity index (χ0) is 30.8. The summed E-state index contributed by atoms with van der Waals surface area (Å²) in [6.07, 6.45) is 7.12. The van der Waals surface area contributed by atoms with Crippen molar-refractivity contribution in [3.05, 3.63) is 148 Å². The lowest BCUT2D eigenvalue weighted by molar-refractivity contribution is -0.401. The summed E-state index contributed by atoms with van der Waals surface area (Å²) < 4.78 is 2.31. The third kappa shape index (κ3) is 4.03. The van der Waals surface area contributed by atoms with Gasteiger partial charge < -0.3 is 4.90 Å². The molecule has 7 rings (SSSR count). The van der Waals surface area contributed by atoms with Crippen LogP contribution in [-0.2, 0) is 17.3 Å². The van der Waals surface area contributed by atoms with E-state index in [9.17, 15) is 10.1 Å². The summed E-state index contributed by atoms with van der Waals surface area (Å²) in [7, 11) is 4.26. The van der Waals surface area contributed by atoms with Gasteiger partial charge in [0.1, 0.15) is 7.05 Å². The van der Waals surface area contributed by atoms with Crippen LogP contribution in [0.15, 0.2) is 121 Å². The van der Waals surface area contributed by atoms with Crippen LogP contribution >= 0.6 is 0 Å². The second-order valence-electron chi connectivity index (χ2n) is 12.8. The van der Waals surface area contributed by atoms with Crippen molar-refractivity contribution >= 4 is 44.3 Å². The van der Waals surface area contributed by atoms with Crippen LogP contribution in [0.2, 0.25) is 0 Å². The number of fused-ring (bicyclic) bond motifs is 6. The minimum absolute atomic E-state index is 0.162. The number of likely N-dealkylation sites (N-methyl/N-ethyl adjacent to an activating group) is 1. The van der Waals surface area contributed by atoms with Crippen LogP contribution < -0.4 is 4.90 Å². The van der Waals surface area contributed by atoms with E-state index in [1.807, 2.05) is 12.1 Å². The maximum absolute atomic E-state index is 12.1. The number of nitro benzene ring substituents is 1. The molecule has 218 valence electrons. The molecular formula is C39H36N3O2+. The van der Waals surface area contributed by atoms with Gasteiger partial charge >= 0.3 is 0 Å². The first kappa shape index (κ1) is 27.8. The van der Waals surface area contributed by atoms with Crippen molar-refractivity contribution in [2.75, 3.05) is 19.0 Å². The van der Waals surface area contributed by atoms with Crippen molar-refractivity contribution in [1.82, 2.24) is 0 Å². The largest absolute Gasteiger partial charge is 0.347 e. The monoisotopic (exact) mass is 578 g/mol. The lowest BCUT2D eigenvalue weighted by Gasteiger charge is -2.29. The second-order valence-corrected chi connectivity index (χ2v) is 12.8. The van der Waals surface area contributed by atoms with Crippen LogP contribution in [0.4, 0.5) is 17.1 Å². The van der Waals surface area contributed by atoms with Crippen molar-refractivity contribution in [1.29, 1.82) is 0 Å². The average molecular weight is 579 g/mol. The highest BCUT2D eigenvalue weighted by molar-refractivity contribution is 6.07. The normalized spacial score (nSPS) is 19.8. The second kappa shape index (κ2) is 10.0. The predicted molar refractivity (Wildman–Crippen MR) is 182 cm³/mol. The molecule has 5 nitrogen and oxygen atoms in total. The lowest BCUT2D eigenvalue weighted by atomic mass is 9.74. The molecule has 0 fully saturated rings. The van der Waals surface area contributed by atoms with E-state index >= 15 is 0 Å². The van der Waals surface area contributed by atoms with Crippen LogP contribution in [-0.4, -0.2) is 29.3 Å². The van der Waals surface area contributed by atoms with Gasteiger partial charge in [0, 0.05) is 53.2 Å². The number of hydrogen-bond acceptors (Lipinski definition) is 3. The number of hydrogen-bond donors (Lipinski definition) is 0. The van der Waals surface area contributed by atoms with Gasteiger partial charge in [-0.2, -0.15) is 4.58 Å². The first-order valence-electron chi connectivity index (χ1n) is 15.1. The molecule has 0 saturated carbocycles. The predicted octanol–water partition coefficient (Wildman–Crippen LogP) is 9.00. The summed E-state index contributed by atoms with van der Waals surface area (Å²) in [6.45, 7) is 6.84. The highest BCUT2D eigenvalue weighted by Crippen LogP contribution is 2.52. The number of rotatable bonds is 5. The van der Waals surface area contributed by atoms with Crippen molar-refractivity contribution in [2.24, 2.45) is 0 Å². The molecule has 0 saturated heterocycles. The number of anilines is 1. The Morgan fingerprint density at radius 3 is 2.14 bits per heavy atom. The van der Waals surface area contributed by atoms with Crippen LogP contribution in [0.25, 0.3) is 21.5 Å². The van der Waals surface area contributed by atoms with Crippen LogP contribution in [0.1, 0.15) is 37.5 Å². The van der Waals surface area contributed by atoms with Gasteiger partial charge in [-0.25, -0.2) is 0 Å². The fraction of sp³-hybridized carbons (Fsp3) is 0.205. The molecule has 2 aliphatic heterocycles. The van der Waals surface area contributed by atoms with E-state index in [1.165, 1.54) is 44.1 Å². The number of nitrogens with zero attached hydrogens (tertiary/aromatic N) is 3. The lowest BCUT2D eigenvalue weighted by Crippen LogP contribution is -2.29. The third-order valence-corrected chi connectivity index (χ3v) is 9.88. The van der Waals surface area contributed by atoms with Gasteiger partial charge in [-0.3, -0.25) is 10.1 Å². The minimum atomic E-state index is -0.498. The standard InChI is InChI=1S/C39H36N3O2/c1-38(2)34(40(4)32-23-21-26-13-6-9-16-29(26)36(32)38)19-12-20-35-39(3,25-28-15-8-11-18-31(28)42(43)44)37-30-17-10-7-14-27(30)22-24-33(37)41(35)5/h6-24H,25H2,1-5H3/q+1. The molecule has 44 heavy (non-hydrogen) atoms. The van der Waals surface area contributed by atoms with Crippen molar-refractivity contribution in [2.45, 2.75) is 38.0 Å². The summed E-state index contributed by atoms with van der Waals surface area (Å²) in [4.78, 5) is 14.0. The Labute approximate surface area is 258 Å². The number of para-hydroxylation sites is 1. The quantitative estimate of drug-likeness (QED) is 0.119. The van der Waals surface area contributed by atoms with E-state index in [2.05, 4.69) is 135 Å². The Morgan fingerprint density at radius 1 is 0.818 bits per heavy atom. The average Bonchev–Trinajstić information content (AvgIpc) is 3.35. The Kier molecular flexibility index (Phi) is 6.33. The summed E-state index contributed by atoms with van der Waals surface area (Å²) in [6, 6.07) is 33.0. The van der Waals surface area contributed by atoms with Crippen molar-refractivity contribution in [3.63, 3.8) is 0 Å². The first-order chi connectivity index (χ1) is 21.1. The number of allylic oxidation sites excluding steroid dienone is 4. The summed E-state index contributed by atoms with van der Waals surface area (Å²) >= 11 is 0. The molecule has 5 aromatic rings. The van der Waals surface area contributed by atoms with E-state index in [4.69, 9.17) is 0 Å². The zero-order valence-corrected chi connectivity index (χ0v) is 25.8.